The number of halogens is 2. The van der Waals surface area contributed by atoms with Gasteiger partial charge in [-0.15, -0.1) is 0 Å². The molecule has 6 rings (SSSR count). The van der Waals surface area contributed by atoms with Crippen molar-refractivity contribution in [2.24, 2.45) is 0 Å². The van der Waals surface area contributed by atoms with Crippen molar-refractivity contribution in [3.8, 4) is 23.0 Å². The molecule has 0 aliphatic carbocycles. The number of ketones is 2. The van der Waals surface area contributed by atoms with Crippen LogP contribution in [-0.2, 0) is 28.9 Å². The van der Waals surface area contributed by atoms with Gasteiger partial charge in [-0.3, -0.25) is 9.59 Å². The Morgan fingerprint density at radius 3 is 1.31 bits per heavy atom. The number of aliphatic hydroxyl groups is 2. The molecule has 0 unspecified atom stereocenters. The van der Waals surface area contributed by atoms with Crippen molar-refractivity contribution in [2.45, 2.75) is 33.1 Å². The Balaban J connectivity index is 1.24. The van der Waals surface area contributed by atoms with Crippen LogP contribution in [0.4, 0.5) is 0 Å². The van der Waals surface area contributed by atoms with Crippen molar-refractivity contribution < 1.29 is 39.5 Å². The highest BCUT2D eigenvalue weighted by atomic mass is 35.5. The highest BCUT2D eigenvalue weighted by Gasteiger charge is 2.19. The van der Waals surface area contributed by atoms with Gasteiger partial charge in [0.25, 0.3) is 0 Å². The zero-order valence-corrected chi connectivity index (χ0v) is 33.9. The van der Waals surface area contributed by atoms with Crippen molar-refractivity contribution in [3.05, 3.63) is 199 Å². The van der Waals surface area contributed by atoms with Crippen LogP contribution in [0.2, 0.25) is 10.0 Å². The Labute approximate surface area is 352 Å². The smallest absolute Gasteiger partial charge is 0.196 e. The van der Waals surface area contributed by atoms with Crippen LogP contribution in [0.1, 0.15) is 55.6 Å². The van der Waals surface area contributed by atoms with Gasteiger partial charge in [0.1, 0.15) is 34.5 Å². The molecular formula is C49H42Cl2O8. The van der Waals surface area contributed by atoms with Gasteiger partial charge in [0.05, 0.1) is 0 Å². The van der Waals surface area contributed by atoms with Gasteiger partial charge in [-0.2, -0.15) is 0 Å². The van der Waals surface area contributed by atoms with Gasteiger partial charge in [-0.25, -0.2) is 0 Å². The van der Waals surface area contributed by atoms with Crippen LogP contribution in [0.3, 0.4) is 0 Å². The molecule has 300 valence electrons. The Morgan fingerprint density at radius 1 is 0.492 bits per heavy atom. The van der Waals surface area contributed by atoms with Crippen molar-refractivity contribution in [3.63, 3.8) is 0 Å². The number of rotatable bonds is 16. The predicted octanol–water partition coefficient (Wildman–Crippen LogP) is 10.9. The number of hydrogen-bond donors (Lipinski definition) is 4. The van der Waals surface area contributed by atoms with Crippen molar-refractivity contribution in [1.82, 2.24) is 0 Å². The van der Waals surface area contributed by atoms with Crippen molar-refractivity contribution in [2.75, 3.05) is 13.2 Å². The fraction of sp³-hybridized carbons (Fsp3) is 0.143. The summed E-state index contributed by atoms with van der Waals surface area (Å²) in [6, 6.07) is 35.1. The molecule has 8 nitrogen and oxygen atoms in total. The average Bonchev–Trinajstić information content (AvgIpc) is 3.21. The molecule has 0 aliphatic rings. The summed E-state index contributed by atoms with van der Waals surface area (Å²) in [5, 5.41) is 44.6. The van der Waals surface area contributed by atoms with Gasteiger partial charge in [0.2, 0.25) is 0 Å². The summed E-state index contributed by atoms with van der Waals surface area (Å²) in [6.45, 7) is 2.98. The second-order valence-electron chi connectivity index (χ2n) is 14.1. The lowest BCUT2D eigenvalue weighted by atomic mass is 9.94. The molecule has 6 aromatic rings. The number of carbonyl (C=O) groups excluding carboxylic acids is 2. The third-order valence-electron chi connectivity index (χ3n) is 9.73. The zero-order chi connectivity index (χ0) is 42.1. The third-order valence-corrected chi connectivity index (χ3v) is 10.2. The van der Waals surface area contributed by atoms with E-state index in [-0.39, 0.29) is 49.1 Å². The van der Waals surface area contributed by atoms with E-state index in [9.17, 15) is 30.0 Å². The van der Waals surface area contributed by atoms with Gasteiger partial charge in [0, 0.05) is 52.6 Å². The van der Waals surface area contributed by atoms with Gasteiger partial charge in [-0.1, -0.05) is 96.0 Å². The highest BCUT2D eigenvalue weighted by Crippen LogP contribution is 2.36. The number of aliphatic hydroxyl groups excluding tert-OH is 2. The maximum absolute atomic E-state index is 13.1. The molecular weight excluding hydrogens is 787 g/mol. The maximum Gasteiger partial charge on any atom is 0.196 e. The number of phenols is 2. The number of phenolic OH excluding ortho intramolecular Hbond substituents is 2. The minimum Gasteiger partial charge on any atom is -0.507 e. The number of aromatic hydroxyl groups is 2. The number of ether oxygens (including phenoxy) is 2. The van der Waals surface area contributed by atoms with E-state index in [1.54, 1.807) is 48.5 Å². The number of para-hydroxylation sites is 4. The molecule has 4 N–H and O–H groups in total. The number of aryl methyl sites for hydroxylation is 2. The van der Waals surface area contributed by atoms with Gasteiger partial charge in [-0.05, 0) is 107 Å². The van der Waals surface area contributed by atoms with Gasteiger partial charge in [0.15, 0.2) is 24.8 Å². The second kappa shape index (κ2) is 19.3. The average molecular weight is 830 g/mol. The third kappa shape index (κ3) is 10.9. The minimum absolute atomic E-state index is 0.0615. The topological polar surface area (TPSA) is 134 Å². The van der Waals surface area contributed by atoms with Crippen LogP contribution < -0.4 is 9.47 Å². The van der Waals surface area contributed by atoms with Crippen LogP contribution in [0, 0.1) is 13.8 Å². The fourth-order valence-corrected chi connectivity index (χ4v) is 6.90. The number of hydrogen-bond acceptors (Lipinski definition) is 8. The van der Waals surface area contributed by atoms with Crippen molar-refractivity contribution >= 4 is 46.3 Å². The molecule has 6 aromatic carbocycles. The molecule has 0 fully saturated rings. The molecule has 0 aromatic heterocycles. The first-order valence-electron chi connectivity index (χ1n) is 18.8. The highest BCUT2D eigenvalue weighted by molar-refractivity contribution is 6.30. The van der Waals surface area contributed by atoms with Gasteiger partial charge < -0.3 is 29.9 Å². The molecule has 0 radical (unpaired) electrons. The summed E-state index contributed by atoms with van der Waals surface area (Å²) in [6.07, 6.45) is 3.04. The van der Waals surface area contributed by atoms with E-state index in [1.165, 1.54) is 0 Å². The lowest BCUT2D eigenvalue weighted by molar-refractivity contribution is -0.117. The lowest BCUT2D eigenvalue weighted by Crippen LogP contribution is -2.12. The van der Waals surface area contributed by atoms with Crippen LogP contribution in [0.15, 0.2) is 133 Å². The lowest BCUT2D eigenvalue weighted by Gasteiger charge is -2.18. The van der Waals surface area contributed by atoms with E-state index >= 15 is 0 Å². The summed E-state index contributed by atoms with van der Waals surface area (Å²) < 4.78 is 12.3. The SMILES string of the molecule is Cc1cccc(Cc2cccc(Cc3cccc(Cc4cccc(C)c4OCC(=O)/C=C(\O)c4ccc(Cl)cc4)c3O)c2OCC(=O)/C=C(\O)c2ccc(Cl)cc2)c1O. The van der Waals surface area contributed by atoms with E-state index in [2.05, 4.69) is 0 Å². The molecule has 10 heteroatoms. The Kier molecular flexibility index (Phi) is 13.8. The Morgan fingerprint density at radius 2 is 0.847 bits per heavy atom. The molecule has 0 bridgehead atoms. The quantitative estimate of drug-likeness (QED) is 0.0560. The Bertz CT molecular complexity index is 2540. The maximum atomic E-state index is 13.1. The van der Waals surface area contributed by atoms with Crippen LogP contribution >= 0.6 is 23.2 Å². The number of carbonyl (C=O) groups is 2. The fourth-order valence-electron chi connectivity index (χ4n) is 6.65. The second-order valence-corrected chi connectivity index (χ2v) is 15.0. The summed E-state index contributed by atoms with van der Waals surface area (Å²) in [5.74, 6) is -0.210. The minimum atomic E-state index is -0.478. The molecule has 0 saturated heterocycles. The first kappa shape index (κ1) is 42.1. The largest absolute Gasteiger partial charge is 0.507 e. The molecule has 0 spiro atoms. The monoisotopic (exact) mass is 828 g/mol. The first-order chi connectivity index (χ1) is 28.4. The molecule has 0 aliphatic heterocycles. The van der Waals surface area contributed by atoms with Crippen LogP contribution in [0.5, 0.6) is 23.0 Å². The Hall–Kier alpha value is -6.48. The normalized spacial score (nSPS) is 11.7. The zero-order valence-electron chi connectivity index (χ0n) is 32.4. The summed E-state index contributed by atoms with van der Waals surface area (Å²) in [5.41, 5.74) is 6.43. The van der Waals surface area contributed by atoms with Crippen LogP contribution in [0.25, 0.3) is 11.5 Å². The first-order valence-corrected chi connectivity index (χ1v) is 19.5. The molecule has 0 saturated carbocycles. The van der Waals surface area contributed by atoms with E-state index < -0.39 is 11.6 Å². The number of benzene rings is 6. The van der Waals surface area contributed by atoms with Crippen LogP contribution in [-0.4, -0.2) is 45.2 Å². The van der Waals surface area contributed by atoms with E-state index in [0.717, 1.165) is 28.8 Å². The van der Waals surface area contributed by atoms with E-state index in [4.69, 9.17) is 32.7 Å². The van der Waals surface area contributed by atoms with E-state index in [1.807, 2.05) is 86.6 Å². The van der Waals surface area contributed by atoms with Gasteiger partial charge >= 0.3 is 0 Å². The molecule has 59 heavy (non-hydrogen) atoms. The molecule has 0 atom stereocenters. The molecule has 0 heterocycles. The summed E-state index contributed by atoms with van der Waals surface area (Å²) in [7, 11) is 0. The van der Waals surface area contributed by atoms with E-state index in [0.29, 0.717) is 66.9 Å². The summed E-state index contributed by atoms with van der Waals surface area (Å²) >= 11 is 11.9. The van der Waals surface area contributed by atoms with Crippen molar-refractivity contribution in [1.29, 1.82) is 0 Å². The molecule has 0 amide bonds. The standard InChI is InChI=1S/C49H42Cl2O8/c1-30-7-3-9-34(46(30)56)23-38-13-6-14-39(49(38)59-29-43(53)27-45(55)33-17-21-41(51)22-18-33)25-36-11-5-10-35(47(36)57)24-37-12-4-8-31(2)48(37)58-28-42(52)26-44(54)32-15-19-40(50)20-16-32/h3-22,26-27,54-57H,23-25,28-29H2,1-2H3/b44-26-,45-27-. The predicted molar refractivity (Wildman–Crippen MR) is 232 cm³/mol. The summed E-state index contributed by atoms with van der Waals surface area (Å²) in [4.78, 5) is 25.9.